The van der Waals surface area contributed by atoms with Crippen molar-refractivity contribution in [3.63, 3.8) is 0 Å². The number of H-pyrrole nitrogens is 1. The molecule has 1 heterocycles. The number of aromatic amines is 1. The van der Waals surface area contributed by atoms with Gasteiger partial charge in [0.1, 0.15) is 12.7 Å². The maximum atomic E-state index is 5.11. The molecule has 3 radical (unpaired) electrons. The predicted molar refractivity (Wildman–Crippen MR) is 34.5 cm³/mol. The van der Waals surface area contributed by atoms with E-state index < -0.39 is 0 Å². The zero-order chi connectivity index (χ0) is 5.28. The van der Waals surface area contributed by atoms with Gasteiger partial charge in [-0.15, -0.1) is 17.8 Å². The van der Waals surface area contributed by atoms with Crippen LogP contribution in [0.3, 0.4) is 0 Å². The SMILES string of the molecule is [B]c1[c-]oc(=S)[nH]1.[CH3-].[Y]. The fourth-order valence-corrected chi connectivity index (χ4v) is 0.414. The summed E-state index contributed by atoms with van der Waals surface area (Å²) in [5.41, 5.74) is 0.338. The molecule has 0 aliphatic carbocycles. The zero-order valence-electron chi connectivity index (χ0n) is 4.97. The van der Waals surface area contributed by atoms with Crippen molar-refractivity contribution in [3.8, 4) is 0 Å². The molecule has 0 aliphatic rings. The van der Waals surface area contributed by atoms with E-state index in [1.165, 1.54) is 0 Å². The average Bonchev–Trinajstić information content (AvgIpc) is 1.87. The summed E-state index contributed by atoms with van der Waals surface area (Å²) in [5.74, 6) is 0. The van der Waals surface area contributed by atoms with Gasteiger partial charge in [0, 0.05) is 32.7 Å². The Morgan fingerprint density at radius 2 is 2.22 bits per heavy atom. The van der Waals surface area contributed by atoms with E-state index in [0.717, 1.165) is 0 Å². The van der Waals surface area contributed by atoms with E-state index in [4.69, 9.17) is 7.85 Å². The molecule has 0 aliphatic heterocycles. The van der Waals surface area contributed by atoms with Crippen LogP contribution >= 0.6 is 12.2 Å². The van der Waals surface area contributed by atoms with Crippen molar-refractivity contribution in [3.05, 3.63) is 18.5 Å². The summed E-state index contributed by atoms with van der Waals surface area (Å²) in [5, 5.41) is 0. The average molecular weight is 214 g/mol. The quantitative estimate of drug-likeness (QED) is 0.384. The van der Waals surface area contributed by atoms with Gasteiger partial charge in [-0.2, -0.15) is 0 Å². The Kier molecular flexibility index (Phi) is 7.36. The Bertz CT molecular complexity index is 208. The number of hydrogen-bond acceptors (Lipinski definition) is 2. The fraction of sp³-hybridized carbons (Fsp3) is 0. The molecular weight excluding hydrogens is 210 g/mol. The van der Waals surface area contributed by atoms with Crippen LogP contribution in [-0.2, 0) is 32.7 Å². The molecule has 5 heteroatoms. The molecular formula is C4H4BNOSY-2. The van der Waals surface area contributed by atoms with E-state index in [9.17, 15) is 0 Å². The van der Waals surface area contributed by atoms with Crippen molar-refractivity contribution in [2.45, 2.75) is 0 Å². The van der Waals surface area contributed by atoms with Crippen molar-refractivity contribution in [2.75, 3.05) is 0 Å². The first-order valence-corrected chi connectivity index (χ1v) is 2.06. The van der Waals surface area contributed by atoms with Crippen LogP contribution in [0, 0.1) is 18.5 Å². The molecule has 45 valence electrons. The minimum absolute atomic E-state index is 0. The van der Waals surface area contributed by atoms with Gasteiger partial charge >= 0.3 is 0 Å². The van der Waals surface area contributed by atoms with Gasteiger partial charge in [0.15, 0.2) is 0 Å². The monoisotopic (exact) mass is 214 g/mol. The Morgan fingerprint density at radius 3 is 2.33 bits per heavy atom. The number of oxazole rings is 1. The summed E-state index contributed by atoms with van der Waals surface area (Å²) >= 11 is 4.50. The molecule has 0 saturated carbocycles. The number of aromatic nitrogens is 1. The van der Waals surface area contributed by atoms with Gasteiger partial charge < -0.3 is 16.8 Å². The van der Waals surface area contributed by atoms with E-state index in [2.05, 4.69) is 27.9 Å². The van der Waals surface area contributed by atoms with Crippen LogP contribution in [-0.4, -0.2) is 12.8 Å². The largest absolute Gasteiger partial charge is 0.622 e. The number of nitrogens with one attached hydrogen (secondary N) is 1. The number of rotatable bonds is 0. The summed E-state index contributed by atoms with van der Waals surface area (Å²) in [7, 11) is 5.11. The van der Waals surface area contributed by atoms with Gasteiger partial charge in [-0.1, -0.05) is 6.26 Å². The first-order valence-electron chi connectivity index (χ1n) is 1.65. The van der Waals surface area contributed by atoms with Crippen molar-refractivity contribution in [1.29, 1.82) is 0 Å². The third kappa shape index (κ3) is 4.06. The second-order valence-corrected chi connectivity index (χ2v) is 1.40. The van der Waals surface area contributed by atoms with Crippen LogP contribution in [0.15, 0.2) is 4.42 Å². The van der Waals surface area contributed by atoms with Crippen LogP contribution < -0.4 is 5.59 Å². The standard InChI is InChI=1S/C3HBNOS.CH3.Y/c4-2-1-6-3(7)5-2;;/h(H,5,7);1H3;/q2*-1;. The summed E-state index contributed by atoms with van der Waals surface area (Å²) in [4.78, 5) is 2.77. The molecule has 2 nitrogen and oxygen atoms in total. The maximum Gasteiger partial charge on any atom is 0.111 e. The minimum atomic E-state index is 0. The van der Waals surface area contributed by atoms with Crippen LogP contribution in [0.1, 0.15) is 0 Å². The molecule has 9 heavy (non-hydrogen) atoms. The minimum Gasteiger partial charge on any atom is -0.622 e. The second kappa shape index (κ2) is 5.39. The van der Waals surface area contributed by atoms with Crippen molar-refractivity contribution in [1.82, 2.24) is 4.98 Å². The molecule has 0 aromatic carbocycles. The molecule has 0 bridgehead atoms. The summed E-state index contributed by atoms with van der Waals surface area (Å²) in [6, 6.07) is 0. The van der Waals surface area contributed by atoms with E-state index in [1.54, 1.807) is 0 Å². The van der Waals surface area contributed by atoms with Gasteiger partial charge in [-0.3, -0.25) is 0 Å². The Balaban J connectivity index is 0. The van der Waals surface area contributed by atoms with E-state index in [-0.39, 0.29) is 45.0 Å². The number of hydrogen-bond donors (Lipinski definition) is 1. The Labute approximate surface area is 85.7 Å². The van der Waals surface area contributed by atoms with E-state index in [0.29, 0.717) is 5.59 Å². The van der Waals surface area contributed by atoms with Gasteiger partial charge in [0.05, 0.1) is 0 Å². The molecule has 1 N–H and O–H groups in total. The summed E-state index contributed by atoms with van der Waals surface area (Å²) in [6.45, 7) is 0. The first-order chi connectivity index (χ1) is 3.29. The van der Waals surface area contributed by atoms with Crippen LogP contribution in [0.2, 0.25) is 0 Å². The molecule has 0 fully saturated rings. The topological polar surface area (TPSA) is 28.9 Å². The van der Waals surface area contributed by atoms with E-state index >= 15 is 0 Å². The third-order valence-electron chi connectivity index (χ3n) is 0.490. The molecule has 1 aromatic heterocycles. The smallest absolute Gasteiger partial charge is 0.111 e. The predicted octanol–water partition coefficient (Wildman–Crippen LogP) is 0.379. The van der Waals surface area contributed by atoms with Gasteiger partial charge in [0.25, 0.3) is 0 Å². The van der Waals surface area contributed by atoms with Crippen LogP contribution in [0.4, 0.5) is 0 Å². The van der Waals surface area contributed by atoms with Gasteiger partial charge in [0.2, 0.25) is 0 Å². The summed E-state index contributed by atoms with van der Waals surface area (Å²) < 4.78 is 4.47. The first kappa shape index (κ1) is 12.3. The second-order valence-electron chi connectivity index (χ2n) is 1.03. The van der Waals surface area contributed by atoms with Crippen LogP contribution in [0.5, 0.6) is 0 Å². The third-order valence-corrected chi connectivity index (χ3v) is 0.676. The molecule has 0 amide bonds. The molecule has 0 spiro atoms. The van der Waals surface area contributed by atoms with Crippen molar-refractivity contribution < 1.29 is 37.1 Å². The molecule has 0 atom stereocenters. The van der Waals surface area contributed by atoms with Gasteiger partial charge in [-0.05, 0) is 0 Å². The molecule has 0 saturated heterocycles. The Hall–Kier alpha value is 0.599. The van der Waals surface area contributed by atoms with Crippen LogP contribution in [0.25, 0.3) is 0 Å². The summed E-state index contributed by atoms with van der Waals surface area (Å²) in [6.07, 6.45) is 2.31. The normalized spacial score (nSPS) is 7.11. The fourth-order valence-electron chi connectivity index (χ4n) is 0.262. The maximum absolute atomic E-state index is 5.11. The molecule has 0 unspecified atom stereocenters. The van der Waals surface area contributed by atoms with Crippen molar-refractivity contribution in [2.24, 2.45) is 0 Å². The molecule has 1 aromatic rings. The van der Waals surface area contributed by atoms with E-state index in [1.807, 2.05) is 0 Å². The zero-order valence-corrected chi connectivity index (χ0v) is 8.63. The van der Waals surface area contributed by atoms with Gasteiger partial charge in [-0.25, -0.2) is 0 Å². The van der Waals surface area contributed by atoms with Crippen molar-refractivity contribution >= 4 is 25.7 Å². The molecule has 1 rings (SSSR count). The Morgan fingerprint density at radius 1 is 1.67 bits per heavy atom.